The fraction of sp³-hybridized carbons (Fsp3) is 0.235. The first-order valence-electron chi connectivity index (χ1n) is 7.21. The Bertz CT molecular complexity index is 706. The van der Waals surface area contributed by atoms with Crippen LogP contribution in [0.3, 0.4) is 0 Å². The van der Waals surface area contributed by atoms with E-state index in [9.17, 15) is 4.79 Å². The van der Waals surface area contributed by atoms with Crippen LogP contribution >= 0.6 is 27.5 Å². The molecule has 122 valence electrons. The molecule has 0 unspecified atom stereocenters. The van der Waals surface area contributed by atoms with Gasteiger partial charge < -0.3 is 14.8 Å². The Hall–Kier alpha value is -1.72. The standard InChI is InChI=1S/C17H17BrClNO3/c1-3-22-15-10-11(9-13(19)16(15)23-4-2)17(21)20-14-8-6-5-7-12(14)18/h5-10H,3-4H2,1-2H3,(H,20,21). The van der Waals surface area contributed by atoms with E-state index < -0.39 is 0 Å². The molecule has 0 atom stereocenters. The lowest BCUT2D eigenvalue weighted by molar-refractivity contribution is 0.102. The van der Waals surface area contributed by atoms with Crippen LogP contribution in [0.1, 0.15) is 24.2 Å². The Kier molecular flexibility index (Phi) is 6.30. The van der Waals surface area contributed by atoms with Gasteiger partial charge in [-0.3, -0.25) is 4.79 Å². The van der Waals surface area contributed by atoms with E-state index in [-0.39, 0.29) is 5.91 Å². The van der Waals surface area contributed by atoms with E-state index in [0.29, 0.717) is 41.0 Å². The van der Waals surface area contributed by atoms with Crippen molar-refractivity contribution in [1.29, 1.82) is 0 Å². The molecule has 4 nitrogen and oxygen atoms in total. The van der Waals surface area contributed by atoms with Crippen LogP contribution in [0, 0.1) is 0 Å². The summed E-state index contributed by atoms with van der Waals surface area (Å²) >= 11 is 9.63. The molecule has 0 heterocycles. The lowest BCUT2D eigenvalue weighted by Gasteiger charge is -2.14. The summed E-state index contributed by atoms with van der Waals surface area (Å²) in [6, 6.07) is 10.6. The molecule has 2 aromatic carbocycles. The van der Waals surface area contributed by atoms with Gasteiger partial charge in [0.1, 0.15) is 0 Å². The van der Waals surface area contributed by atoms with E-state index in [1.807, 2.05) is 38.1 Å². The summed E-state index contributed by atoms with van der Waals surface area (Å²) in [6.45, 7) is 4.63. The van der Waals surface area contributed by atoms with E-state index in [2.05, 4.69) is 21.2 Å². The number of ether oxygens (including phenoxy) is 2. The number of hydrogen-bond acceptors (Lipinski definition) is 3. The highest BCUT2D eigenvalue weighted by Crippen LogP contribution is 2.37. The molecular weight excluding hydrogens is 382 g/mol. The maximum absolute atomic E-state index is 12.5. The molecule has 0 aliphatic heterocycles. The average Bonchev–Trinajstić information content (AvgIpc) is 2.53. The molecule has 0 aliphatic carbocycles. The van der Waals surface area contributed by atoms with E-state index in [4.69, 9.17) is 21.1 Å². The molecule has 0 spiro atoms. The number of carbonyl (C=O) groups excluding carboxylic acids is 1. The van der Waals surface area contributed by atoms with Crippen LogP contribution < -0.4 is 14.8 Å². The first-order chi connectivity index (χ1) is 11.1. The van der Waals surface area contributed by atoms with Crippen molar-refractivity contribution in [3.63, 3.8) is 0 Å². The summed E-state index contributed by atoms with van der Waals surface area (Å²) in [6.07, 6.45) is 0. The zero-order valence-corrected chi connectivity index (χ0v) is 15.2. The highest BCUT2D eigenvalue weighted by Gasteiger charge is 2.16. The van der Waals surface area contributed by atoms with E-state index >= 15 is 0 Å². The largest absolute Gasteiger partial charge is 0.490 e. The molecule has 1 amide bonds. The van der Waals surface area contributed by atoms with E-state index in [0.717, 1.165) is 4.47 Å². The molecule has 1 N–H and O–H groups in total. The van der Waals surface area contributed by atoms with Gasteiger partial charge in [-0.2, -0.15) is 0 Å². The van der Waals surface area contributed by atoms with Gasteiger partial charge in [-0.15, -0.1) is 0 Å². The lowest BCUT2D eigenvalue weighted by Crippen LogP contribution is -2.13. The average molecular weight is 399 g/mol. The van der Waals surface area contributed by atoms with Crippen LogP contribution in [0.15, 0.2) is 40.9 Å². The van der Waals surface area contributed by atoms with Gasteiger partial charge in [-0.25, -0.2) is 0 Å². The van der Waals surface area contributed by atoms with Gasteiger partial charge in [0.25, 0.3) is 5.91 Å². The molecule has 0 saturated carbocycles. The second-order valence-electron chi connectivity index (χ2n) is 4.59. The highest BCUT2D eigenvalue weighted by atomic mass is 79.9. The fourth-order valence-electron chi connectivity index (χ4n) is 2.00. The van der Waals surface area contributed by atoms with Crippen molar-refractivity contribution < 1.29 is 14.3 Å². The molecule has 0 radical (unpaired) electrons. The third-order valence-corrected chi connectivity index (χ3v) is 3.95. The molecule has 23 heavy (non-hydrogen) atoms. The van der Waals surface area contributed by atoms with Crippen molar-refractivity contribution in [1.82, 2.24) is 0 Å². The van der Waals surface area contributed by atoms with E-state index in [1.165, 1.54) is 0 Å². The van der Waals surface area contributed by atoms with Crippen LogP contribution in [0.5, 0.6) is 11.5 Å². The molecular formula is C17H17BrClNO3. The van der Waals surface area contributed by atoms with Crippen LogP contribution in [-0.4, -0.2) is 19.1 Å². The number of amides is 1. The first kappa shape index (κ1) is 17.6. The Morgan fingerprint density at radius 1 is 1.17 bits per heavy atom. The van der Waals surface area contributed by atoms with Gasteiger partial charge in [0.05, 0.1) is 23.9 Å². The Morgan fingerprint density at radius 2 is 1.87 bits per heavy atom. The first-order valence-corrected chi connectivity index (χ1v) is 8.38. The summed E-state index contributed by atoms with van der Waals surface area (Å²) in [5.41, 5.74) is 1.08. The molecule has 0 aliphatic rings. The minimum atomic E-state index is -0.275. The third kappa shape index (κ3) is 4.39. The van der Waals surface area contributed by atoms with Crippen molar-refractivity contribution >= 4 is 39.1 Å². The predicted molar refractivity (Wildman–Crippen MR) is 95.9 cm³/mol. The normalized spacial score (nSPS) is 10.3. The molecule has 0 fully saturated rings. The summed E-state index contributed by atoms with van der Waals surface area (Å²) in [5, 5.41) is 3.18. The molecule has 0 bridgehead atoms. The number of para-hydroxylation sites is 1. The van der Waals surface area contributed by atoms with Crippen LogP contribution in [0.2, 0.25) is 5.02 Å². The predicted octanol–water partition coefficient (Wildman–Crippen LogP) is 5.15. The fourth-order valence-corrected chi connectivity index (χ4v) is 2.65. The summed E-state index contributed by atoms with van der Waals surface area (Å²) in [4.78, 5) is 12.5. The van der Waals surface area contributed by atoms with Gasteiger partial charge in [0, 0.05) is 10.0 Å². The highest BCUT2D eigenvalue weighted by molar-refractivity contribution is 9.10. The number of halogens is 2. The molecule has 0 saturated heterocycles. The van der Waals surface area contributed by atoms with Crippen molar-refractivity contribution in [3.05, 3.63) is 51.5 Å². The third-order valence-electron chi connectivity index (χ3n) is 2.98. The second kappa shape index (κ2) is 8.22. The number of anilines is 1. The molecule has 6 heteroatoms. The van der Waals surface area contributed by atoms with Crippen LogP contribution in [-0.2, 0) is 0 Å². The molecule has 2 rings (SSSR count). The maximum atomic E-state index is 12.5. The topological polar surface area (TPSA) is 47.6 Å². The van der Waals surface area contributed by atoms with E-state index in [1.54, 1.807) is 12.1 Å². The van der Waals surface area contributed by atoms with Gasteiger partial charge in [-0.1, -0.05) is 23.7 Å². The minimum Gasteiger partial charge on any atom is -0.490 e. The number of hydrogen-bond donors (Lipinski definition) is 1. The Morgan fingerprint density at radius 3 is 2.52 bits per heavy atom. The zero-order valence-electron chi connectivity index (χ0n) is 12.9. The lowest BCUT2D eigenvalue weighted by atomic mass is 10.1. The van der Waals surface area contributed by atoms with Gasteiger partial charge >= 0.3 is 0 Å². The summed E-state index contributed by atoms with van der Waals surface area (Å²) in [7, 11) is 0. The van der Waals surface area contributed by atoms with Gasteiger partial charge in [0.2, 0.25) is 0 Å². The summed E-state index contributed by atoms with van der Waals surface area (Å²) in [5.74, 6) is 0.635. The second-order valence-corrected chi connectivity index (χ2v) is 5.85. The Balaban J connectivity index is 2.31. The van der Waals surface area contributed by atoms with Gasteiger partial charge in [0.15, 0.2) is 11.5 Å². The van der Waals surface area contributed by atoms with Crippen molar-refractivity contribution in [2.24, 2.45) is 0 Å². The molecule has 2 aromatic rings. The number of benzene rings is 2. The number of rotatable bonds is 6. The van der Waals surface area contributed by atoms with Crippen LogP contribution in [0.25, 0.3) is 0 Å². The maximum Gasteiger partial charge on any atom is 0.255 e. The molecule has 0 aromatic heterocycles. The van der Waals surface area contributed by atoms with Gasteiger partial charge in [-0.05, 0) is 54.0 Å². The monoisotopic (exact) mass is 397 g/mol. The van der Waals surface area contributed by atoms with Crippen molar-refractivity contribution in [2.75, 3.05) is 18.5 Å². The minimum absolute atomic E-state index is 0.275. The smallest absolute Gasteiger partial charge is 0.255 e. The SMILES string of the molecule is CCOc1cc(C(=O)Nc2ccccc2Br)cc(Cl)c1OCC. The summed E-state index contributed by atoms with van der Waals surface area (Å²) < 4.78 is 11.8. The number of nitrogens with one attached hydrogen (secondary N) is 1. The Labute approximate surface area is 148 Å². The van der Waals surface area contributed by atoms with Crippen LogP contribution in [0.4, 0.5) is 5.69 Å². The zero-order chi connectivity index (χ0) is 16.8. The van der Waals surface area contributed by atoms with Crippen molar-refractivity contribution in [2.45, 2.75) is 13.8 Å². The van der Waals surface area contributed by atoms with Crippen molar-refractivity contribution in [3.8, 4) is 11.5 Å². The number of carbonyl (C=O) groups is 1. The quantitative estimate of drug-likeness (QED) is 0.732.